The standard InChI is InChI=1S/C8H13Cl2N.C6H9Br2N/c1-2-3-4-5-6-8(9,10)7-11;1-2-3-4-6(7,8)5-9/h2-6H2,1H3;2-4H2,1H3. The Balaban J connectivity index is 0. The molecule has 20 heavy (non-hydrogen) atoms. The molecule has 0 aromatic carbocycles. The molecule has 0 bridgehead atoms. The highest BCUT2D eigenvalue weighted by atomic mass is 79.9. The van der Waals surface area contributed by atoms with Crippen molar-refractivity contribution in [2.75, 3.05) is 0 Å². The Morgan fingerprint density at radius 2 is 1.40 bits per heavy atom. The van der Waals surface area contributed by atoms with E-state index >= 15 is 0 Å². The van der Waals surface area contributed by atoms with E-state index in [4.69, 9.17) is 33.7 Å². The van der Waals surface area contributed by atoms with Gasteiger partial charge in [-0.05, 0) is 19.3 Å². The summed E-state index contributed by atoms with van der Waals surface area (Å²) in [4.78, 5) is 0. The van der Waals surface area contributed by atoms with Gasteiger partial charge in [-0.2, -0.15) is 10.5 Å². The first kappa shape index (κ1) is 22.8. The van der Waals surface area contributed by atoms with Gasteiger partial charge in [-0.15, -0.1) is 0 Å². The summed E-state index contributed by atoms with van der Waals surface area (Å²) in [6, 6.07) is 3.96. The van der Waals surface area contributed by atoms with Crippen molar-refractivity contribution < 1.29 is 0 Å². The van der Waals surface area contributed by atoms with Gasteiger partial charge in [0, 0.05) is 0 Å². The lowest BCUT2D eigenvalue weighted by molar-refractivity contribution is 0.628. The molecule has 0 rings (SSSR count). The molecule has 0 aliphatic carbocycles. The average molecular weight is 449 g/mol. The van der Waals surface area contributed by atoms with Crippen molar-refractivity contribution in [2.45, 2.75) is 72.8 Å². The number of nitriles is 2. The van der Waals surface area contributed by atoms with Gasteiger partial charge in [-0.1, -0.05) is 101 Å². The minimum atomic E-state index is -1.16. The molecule has 0 saturated heterocycles. The van der Waals surface area contributed by atoms with Gasteiger partial charge in [-0.25, -0.2) is 0 Å². The topological polar surface area (TPSA) is 47.6 Å². The fraction of sp³-hybridized carbons (Fsp3) is 0.857. The van der Waals surface area contributed by atoms with Crippen molar-refractivity contribution in [3.63, 3.8) is 0 Å². The molecule has 0 aromatic rings. The number of rotatable bonds is 8. The molecule has 0 spiro atoms. The van der Waals surface area contributed by atoms with E-state index in [1.54, 1.807) is 0 Å². The molecule has 0 N–H and O–H groups in total. The third-order valence-electron chi connectivity index (χ3n) is 2.52. The number of nitrogens with zero attached hydrogens (tertiary/aromatic N) is 2. The highest BCUT2D eigenvalue weighted by molar-refractivity contribution is 9.25. The van der Waals surface area contributed by atoms with Crippen molar-refractivity contribution in [2.24, 2.45) is 0 Å². The van der Waals surface area contributed by atoms with Crippen LogP contribution in [0.5, 0.6) is 0 Å². The zero-order chi connectivity index (χ0) is 16.1. The number of hydrogen-bond donors (Lipinski definition) is 0. The molecule has 0 unspecified atom stereocenters. The van der Waals surface area contributed by atoms with E-state index in [-0.39, 0.29) is 0 Å². The van der Waals surface area contributed by atoms with Gasteiger partial charge in [0.05, 0.1) is 6.07 Å². The van der Waals surface area contributed by atoms with Crippen molar-refractivity contribution in [3.05, 3.63) is 0 Å². The Labute approximate surface area is 150 Å². The monoisotopic (exact) mass is 446 g/mol. The van der Waals surface area contributed by atoms with E-state index in [0.717, 1.165) is 32.1 Å². The SMILES string of the molecule is CCCCC(Br)(Br)C#N.CCCCCCC(Cl)(Cl)C#N. The van der Waals surface area contributed by atoms with Crippen LogP contribution in [0.4, 0.5) is 0 Å². The second kappa shape index (κ2) is 13.2. The maximum Gasteiger partial charge on any atom is 0.203 e. The van der Waals surface area contributed by atoms with E-state index in [1.165, 1.54) is 12.8 Å². The third-order valence-corrected chi connectivity index (χ3v) is 4.21. The van der Waals surface area contributed by atoms with Gasteiger partial charge in [0.1, 0.15) is 6.07 Å². The van der Waals surface area contributed by atoms with Crippen LogP contribution in [0.1, 0.15) is 65.2 Å². The first-order valence-corrected chi connectivity index (χ1v) is 9.17. The Kier molecular flexibility index (Phi) is 15.0. The predicted molar refractivity (Wildman–Crippen MR) is 94.5 cm³/mol. The fourth-order valence-electron chi connectivity index (χ4n) is 1.28. The summed E-state index contributed by atoms with van der Waals surface area (Å²) in [5, 5.41) is 16.9. The van der Waals surface area contributed by atoms with Crippen LogP contribution in [0, 0.1) is 22.7 Å². The molecule has 0 aromatic heterocycles. The number of halogens is 4. The van der Waals surface area contributed by atoms with E-state index in [2.05, 4.69) is 51.8 Å². The lowest BCUT2D eigenvalue weighted by Crippen LogP contribution is -2.07. The van der Waals surface area contributed by atoms with E-state index in [0.29, 0.717) is 6.42 Å². The normalized spacial score (nSPS) is 11.0. The summed E-state index contributed by atoms with van der Waals surface area (Å²) in [5.74, 6) is 0. The summed E-state index contributed by atoms with van der Waals surface area (Å²) in [5.41, 5.74) is 0. The van der Waals surface area contributed by atoms with Gasteiger partial charge in [0.15, 0.2) is 3.23 Å². The van der Waals surface area contributed by atoms with Crippen LogP contribution in [-0.4, -0.2) is 7.57 Å². The summed E-state index contributed by atoms with van der Waals surface area (Å²) >= 11 is 17.7. The van der Waals surface area contributed by atoms with Crippen LogP contribution in [0.25, 0.3) is 0 Å². The third kappa shape index (κ3) is 16.6. The van der Waals surface area contributed by atoms with Crippen LogP contribution in [0.15, 0.2) is 0 Å². The Bertz CT molecular complexity index is 320. The molecule has 0 aliphatic rings. The average Bonchev–Trinajstić information content (AvgIpc) is 2.42. The van der Waals surface area contributed by atoms with Gasteiger partial charge in [-0.3, -0.25) is 0 Å². The van der Waals surface area contributed by atoms with Gasteiger partial charge in [0.25, 0.3) is 0 Å². The summed E-state index contributed by atoms with van der Waals surface area (Å²) < 4.78 is -1.64. The number of hydrogen-bond acceptors (Lipinski definition) is 2. The lowest BCUT2D eigenvalue weighted by atomic mass is 10.1. The maximum atomic E-state index is 8.48. The van der Waals surface area contributed by atoms with Crippen molar-refractivity contribution >= 4 is 55.1 Å². The second-order valence-corrected chi connectivity index (χ2v) is 9.80. The smallest absolute Gasteiger partial charge is 0.196 e. The molecule has 2 nitrogen and oxygen atoms in total. The van der Waals surface area contributed by atoms with E-state index in [1.807, 2.05) is 6.07 Å². The van der Waals surface area contributed by atoms with E-state index in [9.17, 15) is 0 Å². The lowest BCUT2D eigenvalue weighted by Gasteiger charge is -2.08. The summed E-state index contributed by atoms with van der Waals surface area (Å²) in [6.45, 7) is 4.24. The van der Waals surface area contributed by atoms with Crippen LogP contribution in [0.2, 0.25) is 0 Å². The summed E-state index contributed by atoms with van der Waals surface area (Å²) in [6.07, 6.45) is 8.06. The van der Waals surface area contributed by atoms with Crippen molar-refractivity contribution in [1.82, 2.24) is 0 Å². The van der Waals surface area contributed by atoms with E-state index < -0.39 is 7.57 Å². The molecule has 0 atom stereocenters. The van der Waals surface area contributed by atoms with Crippen LogP contribution < -0.4 is 0 Å². The van der Waals surface area contributed by atoms with Crippen LogP contribution in [-0.2, 0) is 0 Å². The minimum Gasteiger partial charge on any atom is -0.196 e. The molecule has 116 valence electrons. The molecule has 0 amide bonds. The Morgan fingerprint density at radius 1 is 0.850 bits per heavy atom. The first-order valence-electron chi connectivity index (χ1n) is 6.82. The van der Waals surface area contributed by atoms with Gasteiger partial charge in [0.2, 0.25) is 4.33 Å². The molecule has 0 fully saturated rings. The van der Waals surface area contributed by atoms with Gasteiger partial charge < -0.3 is 0 Å². The number of unbranched alkanes of at least 4 members (excludes halogenated alkanes) is 4. The molecule has 0 aliphatic heterocycles. The molecule has 0 saturated carbocycles. The van der Waals surface area contributed by atoms with Crippen LogP contribution >= 0.6 is 55.1 Å². The molecule has 0 heterocycles. The maximum absolute atomic E-state index is 8.48. The van der Waals surface area contributed by atoms with Gasteiger partial charge >= 0.3 is 0 Å². The van der Waals surface area contributed by atoms with Crippen molar-refractivity contribution in [1.29, 1.82) is 10.5 Å². The van der Waals surface area contributed by atoms with Crippen molar-refractivity contribution in [3.8, 4) is 12.1 Å². The second-order valence-electron chi connectivity index (χ2n) is 4.55. The van der Waals surface area contributed by atoms with Crippen LogP contribution in [0.3, 0.4) is 0 Å². The Morgan fingerprint density at radius 3 is 1.80 bits per heavy atom. The molecular formula is C14H22Br2Cl2N2. The molecule has 0 radical (unpaired) electrons. The quantitative estimate of drug-likeness (QED) is 0.301. The largest absolute Gasteiger partial charge is 0.203 e. The first-order chi connectivity index (χ1) is 9.24. The predicted octanol–water partition coefficient (Wildman–Crippen LogP) is 6.84. The summed E-state index contributed by atoms with van der Waals surface area (Å²) in [7, 11) is 0. The molecular weight excluding hydrogens is 427 g/mol. The zero-order valence-corrected chi connectivity index (χ0v) is 16.7. The highest BCUT2D eigenvalue weighted by Crippen LogP contribution is 2.30. The minimum absolute atomic E-state index is 0.476. The Hall–Kier alpha value is 0.520. The molecule has 6 heteroatoms. The number of alkyl halides is 4. The fourth-order valence-corrected chi connectivity index (χ4v) is 2.11. The zero-order valence-electron chi connectivity index (χ0n) is 12.1. The highest BCUT2D eigenvalue weighted by Gasteiger charge is 2.21.